The maximum absolute atomic E-state index is 11.0. The van der Waals surface area contributed by atoms with Gasteiger partial charge in [0.15, 0.2) is 0 Å². The molecule has 0 fully saturated rings. The molecule has 0 N–H and O–H groups in total. The van der Waals surface area contributed by atoms with Crippen LogP contribution in [0.3, 0.4) is 0 Å². The van der Waals surface area contributed by atoms with Gasteiger partial charge in [0.1, 0.15) is 5.75 Å². The molecule has 0 saturated heterocycles. The van der Waals surface area contributed by atoms with Crippen molar-refractivity contribution in [2.45, 2.75) is 26.8 Å². The van der Waals surface area contributed by atoms with Gasteiger partial charge in [-0.05, 0) is 37.7 Å². The van der Waals surface area contributed by atoms with Gasteiger partial charge < -0.3 is 9.64 Å². The van der Waals surface area contributed by atoms with Crippen molar-refractivity contribution in [3.8, 4) is 5.75 Å². The van der Waals surface area contributed by atoms with Crippen LogP contribution in [0.15, 0.2) is 18.2 Å². The number of ether oxygens (including phenoxy) is 1. The average Bonchev–Trinajstić information content (AvgIpc) is 2.16. The molecule has 0 spiro atoms. The number of carbonyl (C=O) groups is 1. The van der Waals surface area contributed by atoms with E-state index in [0.717, 1.165) is 18.5 Å². The summed E-state index contributed by atoms with van der Waals surface area (Å²) in [6.45, 7) is 4.36. The van der Waals surface area contributed by atoms with Crippen molar-refractivity contribution in [1.82, 2.24) is 4.90 Å². The summed E-state index contributed by atoms with van der Waals surface area (Å²) in [4.78, 5) is 13.1. The molecule has 0 atom stereocenters. The molecule has 0 aliphatic carbocycles. The number of esters is 1. The Kier molecular flexibility index (Phi) is 6.85. The molecule has 0 saturated carbocycles. The summed E-state index contributed by atoms with van der Waals surface area (Å²) in [5, 5.41) is 0. The van der Waals surface area contributed by atoms with Crippen LogP contribution in [-0.4, -0.2) is 25.0 Å². The first-order valence-corrected chi connectivity index (χ1v) is 5.48. The zero-order valence-electron chi connectivity index (χ0n) is 10.8. The average molecular weight is 258 g/mol. The molecule has 3 nitrogen and oxygen atoms in total. The van der Waals surface area contributed by atoms with E-state index in [9.17, 15) is 4.79 Å². The number of nitrogens with zero attached hydrogens (tertiary/aromatic N) is 1. The van der Waals surface area contributed by atoms with E-state index in [2.05, 4.69) is 17.9 Å². The van der Waals surface area contributed by atoms with E-state index in [1.165, 1.54) is 12.5 Å². The second-order valence-corrected chi connectivity index (χ2v) is 4.08. The minimum Gasteiger partial charge on any atom is -0.426 e. The van der Waals surface area contributed by atoms with Crippen molar-refractivity contribution in [2.24, 2.45) is 0 Å². The molecular weight excluding hydrogens is 238 g/mol. The molecule has 0 heterocycles. The minimum absolute atomic E-state index is 0. The van der Waals surface area contributed by atoms with E-state index in [1.54, 1.807) is 0 Å². The SMILES string of the molecule is CCc1c(CN(C)C)cccc1OC(C)=O.Cl. The summed E-state index contributed by atoms with van der Waals surface area (Å²) in [5.74, 6) is 0.422. The predicted octanol–water partition coefficient (Wildman–Crippen LogP) is 2.66. The maximum Gasteiger partial charge on any atom is 0.308 e. The molecule has 1 rings (SSSR count). The monoisotopic (exact) mass is 257 g/mol. The Labute approximate surface area is 109 Å². The summed E-state index contributed by atoms with van der Waals surface area (Å²) >= 11 is 0. The van der Waals surface area contributed by atoms with E-state index in [-0.39, 0.29) is 18.4 Å². The zero-order valence-corrected chi connectivity index (χ0v) is 11.6. The van der Waals surface area contributed by atoms with Crippen LogP contribution in [0.5, 0.6) is 5.75 Å². The lowest BCUT2D eigenvalue weighted by molar-refractivity contribution is -0.131. The molecular formula is C13H20ClNO2. The third-order valence-electron chi connectivity index (χ3n) is 2.32. The van der Waals surface area contributed by atoms with E-state index in [4.69, 9.17) is 4.74 Å². The van der Waals surface area contributed by atoms with Gasteiger partial charge in [0.25, 0.3) is 0 Å². The molecule has 0 amide bonds. The molecule has 0 aliphatic heterocycles. The van der Waals surface area contributed by atoms with Crippen LogP contribution in [0.1, 0.15) is 25.0 Å². The third kappa shape index (κ3) is 4.75. The fourth-order valence-electron chi connectivity index (χ4n) is 1.75. The topological polar surface area (TPSA) is 29.5 Å². The zero-order chi connectivity index (χ0) is 12.1. The van der Waals surface area contributed by atoms with Crippen molar-refractivity contribution >= 4 is 18.4 Å². The highest BCUT2D eigenvalue weighted by molar-refractivity contribution is 5.85. The fourth-order valence-corrected chi connectivity index (χ4v) is 1.75. The molecule has 96 valence electrons. The van der Waals surface area contributed by atoms with Crippen LogP contribution < -0.4 is 4.74 Å². The lowest BCUT2D eigenvalue weighted by Crippen LogP contribution is -2.13. The third-order valence-corrected chi connectivity index (χ3v) is 2.32. The minimum atomic E-state index is -0.267. The first kappa shape index (κ1) is 15.9. The number of halogens is 1. The smallest absolute Gasteiger partial charge is 0.308 e. The highest BCUT2D eigenvalue weighted by atomic mass is 35.5. The Bertz CT molecular complexity index is 378. The molecule has 0 aliphatic rings. The first-order valence-electron chi connectivity index (χ1n) is 5.48. The van der Waals surface area contributed by atoms with E-state index < -0.39 is 0 Å². The van der Waals surface area contributed by atoms with Crippen molar-refractivity contribution in [3.05, 3.63) is 29.3 Å². The second kappa shape index (κ2) is 7.30. The Balaban J connectivity index is 0.00000256. The molecule has 1 aromatic carbocycles. The maximum atomic E-state index is 11.0. The lowest BCUT2D eigenvalue weighted by Gasteiger charge is -2.16. The Hall–Kier alpha value is -1.06. The van der Waals surface area contributed by atoms with Crippen LogP contribution in [0, 0.1) is 0 Å². The number of hydrogen-bond donors (Lipinski definition) is 0. The molecule has 0 radical (unpaired) electrons. The number of carbonyl (C=O) groups excluding carboxylic acids is 1. The summed E-state index contributed by atoms with van der Waals surface area (Å²) in [6.07, 6.45) is 0.868. The summed E-state index contributed by atoms with van der Waals surface area (Å²) in [6, 6.07) is 5.85. The van der Waals surface area contributed by atoms with Gasteiger partial charge in [-0.25, -0.2) is 0 Å². The molecule has 0 aromatic heterocycles. The van der Waals surface area contributed by atoms with Crippen LogP contribution in [0.2, 0.25) is 0 Å². The standard InChI is InChI=1S/C13H19NO2.ClH/c1-5-12-11(9-14(3)4)7-6-8-13(12)16-10(2)15;/h6-8H,5,9H2,1-4H3;1H. The normalized spacial score (nSPS) is 9.94. The van der Waals surface area contributed by atoms with Gasteiger partial charge in [0.2, 0.25) is 0 Å². The summed E-state index contributed by atoms with van der Waals surface area (Å²) < 4.78 is 5.20. The largest absolute Gasteiger partial charge is 0.426 e. The lowest BCUT2D eigenvalue weighted by atomic mass is 10.0. The van der Waals surface area contributed by atoms with Gasteiger partial charge in [-0.1, -0.05) is 19.1 Å². The van der Waals surface area contributed by atoms with E-state index in [0.29, 0.717) is 5.75 Å². The Morgan fingerprint density at radius 3 is 2.47 bits per heavy atom. The van der Waals surface area contributed by atoms with Crippen molar-refractivity contribution in [1.29, 1.82) is 0 Å². The van der Waals surface area contributed by atoms with Gasteiger partial charge in [-0.3, -0.25) is 4.79 Å². The van der Waals surface area contributed by atoms with Crippen LogP contribution in [-0.2, 0) is 17.8 Å². The van der Waals surface area contributed by atoms with Gasteiger partial charge in [-0.15, -0.1) is 12.4 Å². The van der Waals surface area contributed by atoms with Crippen molar-refractivity contribution in [2.75, 3.05) is 14.1 Å². The quantitative estimate of drug-likeness (QED) is 0.614. The molecule has 0 bridgehead atoms. The molecule has 0 unspecified atom stereocenters. The first-order chi connectivity index (χ1) is 7.54. The van der Waals surface area contributed by atoms with E-state index >= 15 is 0 Å². The Morgan fingerprint density at radius 2 is 2.00 bits per heavy atom. The van der Waals surface area contributed by atoms with Gasteiger partial charge in [0, 0.05) is 13.5 Å². The van der Waals surface area contributed by atoms with Crippen LogP contribution >= 0.6 is 12.4 Å². The Morgan fingerprint density at radius 1 is 1.35 bits per heavy atom. The summed E-state index contributed by atoms with van der Waals surface area (Å²) in [5.41, 5.74) is 2.33. The summed E-state index contributed by atoms with van der Waals surface area (Å²) in [7, 11) is 4.05. The fraction of sp³-hybridized carbons (Fsp3) is 0.462. The van der Waals surface area contributed by atoms with Gasteiger partial charge in [-0.2, -0.15) is 0 Å². The van der Waals surface area contributed by atoms with E-state index in [1.807, 2.05) is 26.2 Å². The van der Waals surface area contributed by atoms with Crippen LogP contribution in [0.4, 0.5) is 0 Å². The van der Waals surface area contributed by atoms with Crippen molar-refractivity contribution in [3.63, 3.8) is 0 Å². The highest BCUT2D eigenvalue weighted by Crippen LogP contribution is 2.24. The van der Waals surface area contributed by atoms with Gasteiger partial charge >= 0.3 is 5.97 Å². The van der Waals surface area contributed by atoms with Crippen molar-refractivity contribution < 1.29 is 9.53 Å². The second-order valence-electron chi connectivity index (χ2n) is 4.08. The highest BCUT2D eigenvalue weighted by Gasteiger charge is 2.09. The number of benzene rings is 1. The molecule has 17 heavy (non-hydrogen) atoms. The van der Waals surface area contributed by atoms with Gasteiger partial charge in [0.05, 0.1) is 0 Å². The number of rotatable bonds is 4. The molecule has 4 heteroatoms. The number of hydrogen-bond acceptors (Lipinski definition) is 3. The predicted molar refractivity (Wildman–Crippen MR) is 71.8 cm³/mol. The molecule has 1 aromatic rings. The van der Waals surface area contributed by atoms with Crippen LogP contribution in [0.25, 0.3) is 0 Å².